The second kappa shape index (κ2) is 8.31. The van der Waals surface area contributed by atoms with Crippen molar-refractivity contribution in [2.75, 3.05) is 19.4 Å². The lowest BCUT2D eigenvalue weighted by Gasteiger charge is -2.13. The van der Waals surface area contributed by atoms with Gasteiger partial charge < -0.3 is 5.32 Å². The lowest BCUT2D eigenvalue weighted by Crippen LogP contribution is -2.23. The number of hydrogen-bond acceptors (Lipinski definition) is 6. The van der Waals surface area contributed by atoms with Gasteiger partial charge in [-0.3, -0.25) is 4.79 Å². The molecule has 2 rings (SSSR count). The van der Waals surface area contributed by atoms with Crippen LogP contribution in [0, 0.1) is 11.3 Å². The summed E-state index contributed by atoms with van der Waals surface area (Å²) in [6, 6.07) is 11.6. The van der Waals surface area contributed by atoms with Crippen molar-refractivity contribution < 1.29 is 13.2 Å². The molecule has 2 aromatic rings. The van der Waals surface area contributed by atoms with Gasteiger partial charge in [0.2, 0.25) is 15.9 Å². The first-order valence-corrected chi connectivity index (χ1v) is 9.92. The first kappa shape index (κ1) is 19.9. The molecule has 1 atom stereocenters. The van der Waals surface area contributed by atoms with E-state index in [1.54, 1.807) is 37.3 Å². The van der Waals surface area contributed by atoms with Crippen molar-refractivity contribution in [2.45, 2.75) is 22.1 Å². The molecule has 1 N–H and O–H groups in total. The van der Waals surface area contributed by atoms with Crippen LogP contribution in [-0.4, -0.2) is 43.0 Å². The van der Waals surface area contributed by atoms with Gasteiger partial charge in [0.05, 0.1) is 21.9 Å². The van der Waals surface area contributed by atoms with Gasteiger partial charge in [-0.2, -0.15) is 5.26 Å². The van der Waals surface area contributed by atoms with Crippen LogP contribution >= 0.6 is 11.8 Å². The minimum Gasteiger partial charge on any atom is -0.325 e. The maximum atomic E-state index is 12.3. The zero-order chi connectivity index (χ0) is 19.3. The molecule has 0 aliphatic rings. The summed E-state index contributed by atoms with van der Waals surface area (Å²) in [5.74, 6) is -0.216. The fraction of sp³-hybridized carbons (Fsp3) is 0.235. The summed E-state index contributed by atoms with van der Waals surface area (Å²) >= 11 is 1.22. The van der Waals surface area contributed by atoms with Crippen LogP contribution in [0.15, 0.2) is 52.5 Å². The highest BCUT2D eigenvalue weighted by Crippen LogP contribution is 2.24. The normalized spacial score (nSPS) is 12.4. The molecule has 1 aromatic carbocycles. The zero-order valence-corrected chi connectivity index (χ0v) is 16.1. The highest BCUT2D eigenvalue weighted by Gasteiger charge is 2.19. The largest absolute Gasteiger partial charge is 0.325 e. The number of nitrogens with zero attached hydrogens (tertiary/aromatic N) is 3. The predicted octanol–water partition coefficient (Wildman–Crippen LogP) is 2.32. The Bertz CT molecular complexity index is 918. The SMILES string of the molecule is C[C@H](Sc1ccc(S(=O)(=O)N(C)C)cn1)C(=O)Nc1ccc(C#N)cc1. The molecule has 0 aliphatic carbocycles. The molecule has 0 unspecified atom stereocenters. The van der Waals surface area contributed by atoms with E-state index in [9.17, 15) is 13.2 Å². The van der Waals surface area contributed by atoms with E-state index >= 15 is 0 Å². The third-order valence-corrected chi connectivity index (χ3v) is 6.29. The number of hydrogen-bond donors (Lipinski definition) is 1. The average Bonchev–Trinajstić information content (AvgIpc) is 2.62. The minimum atomic E-state index is -3.53. The van der Waals surface area contributed by atoms with Crippen molar-refractivity contribution in [1.29, 1.82) is 5.26 Å². The van der Waals surface area contributed by atoms with E-state index < -0.39 is 15.3 Å². The Hall–Kier alpha value is -2.41. The van der Waals surface area contributed by atoms with Gasteiger partial charge >= 0.3 is 0 Å². The number of aromatic nitrogens is 1. The number of rotatable bonds is 6. The van der Waals surface area contributed by atoms with Gasteiger partial charge in [0.25, 0.3) is 0 Å². The fourth-order valence-corrected chi connectivity index (χ4v) is 3.54. The molecular weight excluding hydrogens is 372 g/mol. The van der Waals surface area contributed by atoms with Crippen LogP contribution in [0.25, 0.3) is 0 Å². The fourth-order valence-electron chi connectivity index (χ4n) is 1.91. The van der Waals surface area contributed by atoms with Crippen LogP contribution in [0.1, 0.15) is 12.5 Å². The Morgan fingerprint density at radius 3 is 2.38 bits per heavy atom. The van der Waals surface area contributed by atoms with Crippen LogP contribution in [0.2, 0.25) is 0 Å². The van der Waals surface area contributed by atoms with Crippen molar-refractivity contribution in [1.82, 2.24) is 9.29 Å². The van der Waals surface area contributed by atoms with E-state index in [-0.39, 0.29) is 10.8 Å². The van der Waals surface area contributed by atoms with Gasteiger partial charge in [0, 0.05) is 26.0 Å². The Labute approximate surface area is 157 Å². The van der Waals surface area contributed by atoms with Crippen LogP contribution in [0.3, 0.4) is 0 Å². The van der Waals surface area contributed by atoms with Crippen molar-refractivity contribution in [3.05, 3.63) is 48.2 Å². The van der Waals surface area contributed by atoms with Crippen molar-refractivity contribution in [3.63, 3.8) is 0 Å². The Morgan fingerprint density at radius 1 is 1.23 bits per heavy atom. The maximum absolute atomic E-state index is 12.3. The highest BCUT2D eigenvalue weighted by atomic mass is 32.2. The predicted molar refractivity (Wildman–Crippen MR) is 100 cm³/mol. The highest BCUT2D eigenvalue weighted by molar-refractivity contribution is 8.00. The number of anilines is 1. The second-order valence-corrected chi connectivity index (χ2v) is 9.07. The van der Waals surface area contributed by atoms with Crippen LogP contribution in [-0.2, 0) is 14.8 Å². The Balaban J connectivity index is 2.01. The molecule has 0 bridgehead atoms. The molecule has 136 valence electrons. The van der Waals surface area contributed by atoms with E-state index in [0.717, 1.165) is 4.31 Å². The van der Waals surface area contributed by atoms with E-state index in [2.05, 4.69) is 10.3 Å². The number of nitrogens with one attached hydrogen (secondary N) is 1. The minimum absolute atomic E-state index is 0.0986. The summed E-state index contributed by atoms with van der Waals surface area (Å²) in [6.45, 7) is 1.73. The topological polar surface area (TPSA) is 103 Å². The zero-order valence-electron chi connectivity index (χ0n) is 14.5. The van der Waals surface area contributed by atoms with E-state index in [1.807, 2.05) is 6.07 Å². The summed E-state index contributed by atoms with van der Waals surface area (Å²) in [5, 5.41) is 11.6. The van der Waals surface area contributed by atoms with Crippen molar-refractivity contribution in [3.8, 4) is 6.07 Å². The van der Waals surface area contributed by atoms with Gasteiger partial charge in [0.1, 0.15) is 4.90 Å². The van der Waals surface area contributed by atoms with Crippen molar-refractivity contribution in [2.24, 2.45) is 0 Å². The van der Waals surface area contributed by atoms with Crippen LogP contribution in [0.4, 0.5) is 5.69 Å². The van der Waals surface area contributed by atoms with Gasteiger partial charge in [-0.15, -0.1) is 0 Å². The quantitative estimate of drug-likeness (QED) is 0.759. The molecule has 9 heteroatoms. The van der Waals surface area contributed by atoms with Crippen LogP contribution in [0.5, 0.6) is 0 Å². The molecule has 0 spiro atoms. The van der Waals surface area contributed by atoms with E-state index in [4.69, 9.17) is 5.26 Å². The number of benzene rings is 1. The molecule has 1 aromatic heterocycles. The number of carbonyl (C=O) groups is 1. The van der Waals surface area contributed by atoms with Crippen molar-refractivity contribution >= 4 is 33.4 Å². The molecular formula is C17H18N4O3S2. The number of thioether (sulfide) groups is 1. The Kier molecular flexibility index (Phi) is 6.37. The van der Waals surface area contributed by atoms with E-state index in [0.29, 0.717) is 16.3 Å². The van der Waals surface area contributed by atoms with Gasteiger partial charge in [-0.1, -0.05) is 11.8 Å². The number of sulfonamides is 1. The summed E-state index contributed by atoms with van der Waals surface area (Å²) in [6.07, 6.45) is 1.28. The smallest absolute Gasteiger partial charge is 0.244 e. The van der Waals surface area contributed by atoms with Crippen LogP contribution < -0.4 is 5.32 Å². The molecule has 0 fully saturated rings. The average molecular weight is 390 g/mol. The molecule has 7 nitrogen and oxygen atoms in total. The standard InChI is InChI=1S/C17H18N4O3S2/c1-12(17(22)20-14-6-4-13(10-18)5-7-14)25-16-9-8-15(11-19-16)26(23,24)21(2)3/h4-9,11-12H,1-3H3,(H,20,22)/t12-/m0/s1. The summed E-state index contributed by atoms with van der Waals surface area (Å²) in [7, 11) is -0.622. The first-order chi connectivity index (χ1) is 12.2. The molecule has 0 aliphatic heterocycles. The molecule has 0 radical (unpaired) electrons. The maximum Gasteiger partial charge on any atom is 0.244 e. The van der Waals surface area contributed by atoms with Gasteiger partial charge in [-0.05, 0) is 43.3 Å². The molecule has 0 saturated carbocycles. The number of pyridine rings is 1. The second-order valence-electron chi connectivity index (χ2n) is 5.56. The molecule has 26 heavy (non-hydrogen) atoms. The first-order valence-electron chi connectivity index (χ1n) is 7.60. The lowest BCUT2D eigenvalue weighted by atomic mass is 10.2. The third kappa shape index (κ3) is 4.82. The van der Waals surface area contributed by atoms with Gasteiger partial charge in [0.15, 0.2) is 0 Å². The molecule has 1 heterocycles. The summed E-state index contributed by atoms with van der Waals surface area (Å²) in [4.78, 5) is 16.5. The summed E-state index contributed by atoms with van der Waals surface area (Å²) in [5.41, 5.74) is 1.12. The summed E-state index contributed by atoms with van der Waals surface area (Å²) < 4.78 is 25.2. The monoisotopic (exact) mass is 390 g/mol. The molecule has 1 amide bonds. The number of carbonyl (C=O) groups excluding carboxylic acids is 1. The lowest BCUT2D eigenvalue weighted by molar-refractivity contribution is -0.115. The number of nitriles is 1. The third-order valence-electron chi connectivity index (χ3n) is 3.44. The molecule has 0 saturated heterocycles. The number of amides is 1. The van der Waals surface area contributed by atoms with Gasteiger partial charge in [-0.25, -0.2) is 17.7 Å². The van der Waals surface area contributed by atoms with E-state index in [1.165, 1.54) is 38.1 Å². The Morgan fingerprint density at radius 2 is 1.88 bits per heavy atom.